The molecule has 4 nitrogen and oxygen atoms in total. The first-order valence-electron chi connectivity index (χ1n) is 7.45. The fourth-order valence-electron chi connectivity index (χ4n) is 2.85. The van der Waals surface area contributed by atoms with Crippen LogP contribution in [-0.4, -0.2) is 35.0 Å². The number of aliphatic hydroxyl groups excluding tert-OH is 1. The second-order valence-electron chi connectivity index (χ2n) is 5.28. The van der Waals surface area contributed by atoms with Gasteiger partial charge < -0.3 is 10.4 Å². The molecule has 1 heterocycles. The minimum Gasteiger partial charge on any atom is -0.392 e. The van der Waals surface area contributed by atoms with Crippen molar-refractivity contribution in [3.05, 3.63) is 35.4 Å². The van der Waals surface area contributed by atoms with E-state index in [1.54, 1.807) is 0 Å². The number of nitrogens with zero attached hydrogens (tertiary/aromatic N) is 1. The predicted octanol–water partition coefficient (Wildman–Crippen LogP) is 1.67. The second kappa shape index (κ2) is 7.41. The van der Waals surface area contributed by atoms with E-state index in [4.69, 9.17) is 0 Å². The number of hydrogen-bond donors (Lipinski definition) is 2. The summed E-state index contributed by atoms with van der Waals surface area (Å²) in [4.78, 5) is 14.6. The summed E-state index contributed by atoms with van der Waals surface area (Å²) in [7, 11) is 0. The van der Waals surface area contributed by atoms with Crippen molar-refractivity contribution >= 4 is 5.91 Å². The molecule has 0 radical (unpaired) electrons. The SMILES string of the molecule is CCN1CCCCC1C(=O)NCc1ccccc1CO. The van der Waals surface area contributed by atoms with E-state index in [2.05, 4.69) is 17.1 Å². The third kappa shape index (κ3) is 3.58. The smallest absolute Gasteiger partial charge is 0.237 e. The van der Waals surface area contributed by atoms with Crippen LogP contribution in [0.25, 0.3) is 0 Å². The van der Waals surface area contributed by atoms with Gasteiger partial charge in [-0.2, -0.15) is 0 Å². The zero-order valence-electron chi connectivity index (χ0n) is 12.1. The largest absolute Gasteiger partial charge is 0.392 e. The fourth-order valence-corrected chi connectivity index (χ4v) is 2.85. The lowest BCUT2D eigenvalue weighted by molar-refractivity contribution is -0.127. The third-order valence-electron chi connectivity index (χ3n) is 4.06. The summed E-state index contributed by atoms with van der Waals surface area (Å²) in [6.07, 6.45) is 3.26. The van der Waals surface area contributed by atoms with Crippen molar-refractivity contribution in [2.45, 2.75) is 45.4 Å². The molecule has 0 aromatic heterocycles. The molecular weight excluding hydrogens is 252 g/mol. The molecule has 2 rings (SSSR count). The molecular formula is C16H24N2O2. The van der Waals surface area contributed by atoms with Crippen LogP contribution in [0.5, 0.6) is 0 Å². The Morgan fingerprint density at radius 1 is 1.35 bits per heavy atom. The first kappa shape index (κ1) is 15.0. The first-order chi connectivity index (χ1) is 9.76. The third-order valence-corrected chi connectivity index (χ3v) is 4.06. The summed E-state index contributed by atoms with van der Waals surface area (Å²) >= 11 is 0. The second-order valence-corrected chi connectivity index (χ2v) is 5.28. The van der Waals surface area contributed by atoms with Gasteiger partial charge in [-0.15, -0.1) is 0 Å². The Labute approximate surface area is 120 Å². The van der Waals surface area contributed by atoms with Gasteiger partial charge in [0.2, 0.25) is 5.91 Å². The fraction of sp³-hybridized carbons (Fsp3) is 0.562. The molecule has 1 aliphatic heterocycles. The summed E-state index contributed by atoms with van der Waals surface area (Å²) in [5.41, 5.74) is 1.87. The van der Waals surface area contributed by atoms with E-state index >= 15 is 0 Å². The van der Waals surface area contributed by atoms with Gasteiger partial charge in [0.1, 0.15) is 0 Å². The number of piperidine rings is 1. The van der Waals surface area contributed by atoms with Gasteiger partial charge in [-0.05, 0) is 37.1 Å². The lowest BCUT2D eigenvalue weighted by Crippen LogP contribution is -2.49. The van der Waals surface area contributed by atoms with E-state index in [0.29, 0.717) is 6.54 Å². The molecule has 1 aromatic carbocycles. The van der Waals surface area contributed by atoms with Crippen LogP contribution in [0.15, 0.2) is 24.3 Å². The lowest BCUT2D eigenvalue weighted by Gasteiger charge is -2.33. The number of benzene rings is 1. The van der Waals surface area contributed by atoms with Crippen LogP contribution in [0, 0.1) is 0 Å². The minimum absolute atomic E-state index is 0.00930. The van der Waals surface area contributed by atoms with E-state index < -0.39 is 0 Å². The molecule has 1 fully saturated rings. The summed E-state index contributed by atoms with van der Waals surface area (Å²) in [6, 6.07) is 7.68. The van der Waals surface area contributed by atoms with Crippen molar-refractivity contribution in [3.63, 3.8) is 0 Å². The van der Waals surface area contributed by atoms with Gasteiger partial charge in [-0.3, -0.25) is 9.69 Å². The number of nitrogens with one attached hydrogen (secondary N) is 1. The maximum atomic E-state index is 12.3. The molecule has 2 N–H and O–H groups in total. The van der Waals surface area contributed by atoms with Crippen molar-refractivity contribution in [2.24, 2.45) is 0 Å². The Morgan fingerprint density at radius 3 is 2.80 bits per heavy atom. The Bertz CT molecular complexity index is 448. The predicted molar refractivity (Wildman–Crippen MR) is 79.1 cm³/mol. The normalized spacial score (nSPS) is 19.8. The molecule has 1 aromatic rings. The van der Waals surface area contributed by atoms with E-state index in [-0.39, 0.29) is 18.6 Å². The van der Waals surface area contributed by atoms with Gasteiger partial charge in [0, 0.05) is 6.54 Å². The average molecular weight is 276 g/mol. The summed E-state index contributed by atoms with van der Waals surface area (Å²) in [6.45, 7) is 4.54. The van der Waals surface area contributed by atoms with E-state index in [0.717, 1.165) is 37.1 Å². The number of likely N-dealkylation sites (N-methyl/N-ethyl adjacent to an activating group) is 1. The van der Waals surface area contributed by atoms with Crippen molar-refractivity contribution in [1.29, 1.82) is 0 Å². The Kier molecular flexibility index (Phi) is 5.56. The van der Waals surface area contributed by atoms with Gasteiger partial charge >= 0.3 is 0 Å². The molecule has 1 amide bonds. The monoisotopic (exact) mass is 276 g/mol. The molecule has 110 valence electrons. The summed E-state index contributed by atoms with van der Waals surface area (Å²) < 4.78 is 0. The molecule has 1 saturated heterocycles. The molecule has 0 aliphatic carbocycles. The van der Waals surface area contributed by atoms with E-state index in [1.165, 1.54) is 6.42 Å². The molecule has 1 unspecified atom stereocenters. The lowest BCUT2D eigenvalue weighted by atomic mass is 10.0. The molecule has 1 aliphatic rings. The number of aliphatic hydroxyl groups is 1. The van der Waals surface area contributed by atoms with Gasteiger partial charge in [0.15, 0.2) is 0 Å². The number of hydrogen-bond acceptors (Lipinski definition) is 3. The summed E-state index contributed by atoms with van der Waals surface area (Å²) in [5, 5.41) is 12.3. The Balaban J connectivity index is 1.94. The highest BCUT2D eigenvalue weighted by molar-refractivity contribution is 5.81. The zero-order chi connectivity index (χ0) is 14.4. The number of likely N-dealkylation sites (tertiary alicyclic amines) is 1. The van der Waals surface area contributed by atoms with Crippen molar-refractivity contribution in [1.82, 2.24) is 10.2 Å². The van der Waals surface area contributed by atoms with Crippen LogP contribution >= 0.6 is 0 Å². The van der Waals surface area contributed by atoms with Crippen LogP contribution in [0.3, 0.4) is 0 Å². The standard InChI is InChI=1S/C16H24N2O2/c1-2-18-10-6-5-9-15(18)16(20)17-11-13-7-3-4-8-14(13)12-19/h3-4,7-8,15,19H,2,5-6,9-12H2,1H3,(H,17,20). The van der Waals surface area contributed by atoms with Gasteiger partial charge in [0.05, 0.1) is 12.6 Å². The topological polar surface area (TPSA) is 52.6 Å². The highest BCUT2D eigenvalue weighted by Gasteiger charge is 2.27. The maximum Gasteiger partial charge on any atom is 0.237 e. The Hall–Kier alpha value is -1.39. The van der Waals surface area contributed by atoms with Crippen LogP contribution < -0.4 is 5.32 Å². The zero-order valence-corrected chi connectivity index (χ0v) is 12.1. The van der Waals surface area contributed by atoms with Gasteiger partial charge in [-0.25, -0.2) is 0 Å². The Morgan fingerprint density at radius 2 is 2.10 bits per heavy atom. The first-order valence-corrected chi connectivity index (χ1v) is 7.45. The van der Waals surface area contributed by atoms with Crippen molar-refractivity contribution < 1.29 is 9.90 Å². The summed E-state index contributed by atoms with van der Waals surface area (Å²) in [5.74, 6) is 0.110. The molecule has 1 atom stereocenters. The quantitative estimate of drug-likeness (QED) is 0.860. The maximum absolute atomic E-state index is 12.3. The number of amides is 1. The van der Waals surface area contributed by atoms with Crippen molar-refractivity contribution in [2.75, 3.05) is 13.1 Å². The van der Waals surface area contributed by atoms with Gasteiger partial charge in [0.25, 0.3) is 0 Å². The molecule has 0 spiro atoms. The van der Waals surface area contributed by atoms with Crippen LogP contribution in [0.2, 0.25) is 0 Å². The minimum atomic E-state index is 0.00930. The number of rotatable bonds is 5. The molecule has 4 heteroatoms. The highest BCUT2D eigenvalue weighted by Crippen LogP contribution is 2.17. The van der Waals surface area contributed by atoms with Crippen LogP contribution in [-0.2, 0) is 17.9 Å². The van der Waals surface area contributed by atoms with E-state index in [9.17, 15) is 9.90 Å². The van der Waals surface area contributed by atoms with E-state index in [1.807, 2.05) is 24.3 Å². The number of carbonyl (C=O) groups excluding carboxylic acids is 1. The van der Waals surface area contributed by atoms with Crippen molar-refractivity contribution in [3.8, 4) is 0 Å². The highest BCUT2D eigenvalue weighted by atomic mass is 16.3. The molecule has 0 bridgehead atoms. The number of carbonyl (C=O) groups is 1. The average Bonchev–Trinajstić information content (AvgIpc) is 2.52. The van der Waals surface area contributed by atoms with Gasteiger partial charge in [-0.1, -0.05) is 37.6 Å². The molecule has 0 saturated carbocycles. The molecule has 20 heavy (non-hydrogen) atoms. The van der Waals surface area contributed by atoms with Crippen LogP contribution in [0.1, 0.15) is 37.3 Å². The van der Waals surface area contributed by atoms with Crippen LogP contribution in [0.4, 0.5) is 0 Å².